The van der Waals surface area contributed by atoms with Crippen LogP contribution in [0.3, 0.4) is 0 Å². The predicted octanol–water partition coefficient (Wildman–Crippen LogP) is 4.04. The molecule has 1 atom stereocenters. The zero-order chi connectivity index (χ0) is 12.5. The van der Waals surface area contributed by atoms with Crippen LogP contribution in [0.5, 0.6) is 0 Å². The van der Waals surface area contributed by atoms with Crippen molar-refractivity contribution < 1.29 is 4.79 Å². The number of aryl methyl sites for hydroxylation is 1. The number of anilines is 1. The lowest BCUT2D eigenvalue weighted by atomic mass is 9.80. The molecule has 0 radical (unpaired) electrons. The Kier molecular flexibility index (Phi) is 3.29. The molecule has 3 heteroatoms. The van der Waals surface area contributed by atoms with E-state index >= 15 is 0 Å². The second kappa shape index (κ2) is 4.93. The van der Waals surface area contributed by atoms with E-state index in [1.54, 1.807) is 0 Å². The number of rotatable bonds is 2. The summed E-state index contributed by atoms with van der Waals surface area (Å²) in [7, 11) is 0. The summed E-state index contributed by atoms with van der Waals surface area (Å²) in [5.74, 6) is 0.771. The van der Waals surface area contributed by atoms with Gasteiger partial charge in [0.2, 0.25) is 5.91 Å². The second-order valence-corrected chi connectivity index (χ2v) is 5.88. The Balaban J connectivity index is 1.85. The predicted molar refractivity (Wildman–Crippen MR) is 73.9 cm³/mol. The van der Waals surface area contributed by atoms with Gasteiger partial charge in [-0.2, -0.15) is 0 Å². The first-order valence-electron chi connectivity index (χ1n) is 6.81. The van der Waals surface area contributed by atoms with E-state index in [0.29, 0.717) is 12.3 Å². The van der Waals surface area contributed by atoms with Gasteiger partial charge >= 0.3 is 0 Å². The van der Waals surface area contributed by atoms with E-state index in [1.165, 1.54) is 30.4 Å². The van der Waals surface area contributed by atoms with Crippen LogP contribution in [0.4, 0.5) is 5.69 Å². The Morgan fingerprint density at radius 3 is 2.78 bits per heavy atom. The van der Waals surface area contributed by atoms with E-state index in [2.05, 4.69) is 17.4 Å². The zero-order valence-corrected chi connectivity index (χ0v) is 11.2. The van der Waals surface area contributed by atoms with Crippen molar-refractivity contribution in [1.82, 2.24) is 0 Å². The summed E-state index contributed by atoms with van der Waals surface area (Å²) >= 11 is 6.53. The minimum Gasteiger partial charge on any atom is -0.326 e. The third-order valence-electron chi connectivity index (χ3n) is 4.14. The maximum Gasteiger partial charge on any atom is 0.224 e. The molecule has 1 aliphatic carbocycles. The number of benzene rings is 1. The molecular weight excluding hydrogens is 246 g/mol. The molecule has 1 amide bonds. The summed E-state index contributed by atoms with van der Waals surface area (Å²) in [6, 6.07) is 6.28. The largest absolute Gasteiger partial charge is 0.326 e. The molecule has 1 fully saturated rings. The molecule has 0 aromatic heterocycles. The highest BCUT2D eigenvalue weighted by Gasteiger charge is 2.27. The maximum atomic E-state index is 11.5. The van der Waals surface area contributed by atoms with Crippen LogP contribution in [-0.4, -0.2) is 5.91 Å². The molecule has 1 aromatic carbocycles. The highest BCUT2D eigenvalue weighted by molar-refractivity contribution is 6.21. The van der Waals surface area contributed by atoms with Crippen molar-refractivity contribution in [3.05, 3.63) is 29.3 Å². The normalized spacial score (nSPS) is 21.5. The highest BCUT2D eigenvalue weighted by atomic mass is 35.5. The lowest BCUT2D eigenvalue weighted by Gasteiger charge is -2.30. The van der Waals surface area contributed by atoms with Gasteiger partial charge in [-0.25, -0.2) is 0 Å². The Hall–Kier alpha value is -1.02. The Morgan fingerprint density at radius 2 is 2.06 bits per heavy atom. The summed E-state index contributed by atoms with van der Waals surface area (Å²) < 4.78 is 0. The molecule has 1 saturated carbocycles. The number of fused-ring (bicyclic) bond motifs is 1. The van der Waals surface area contributed by atoms with Crippen molar-refractivity contribution in [3.63, 3.8) is 0 Å². The standard InChI is InChI=1S/C15H18ClNO/c16-15(10-3-1-4-10)12-7-8-13-11(9-12)5-2-6-14(18)17-13/h7-10,15H,1-6H2,(H,17,18). The van der Waals surface area contributed by atoms with Crippen molar-refractivity contribution in [2.24, 2.45) is 5.92 Å². The maximum absolute atomic E-state index is 11.5. The molecule has 2 nitrogen and oxygen atoms in total. The Bertz CT molecular complexity index is 468. The Labute approximate surface area is 113 Å². The van der Waals surface area contributed by atoms with Gasteiger partial charge in [0.05, 0.1) is 5.38 Å². The number of alkyl halides is 1. The lowest BCUT2D eigenvalue weighted by Crippen LogP contribution is -2.16. The minimum atomic E-state index is 0.128. The van der Waals surface area contributed by atoms with Gasteiger partial charge in [-0.05, 0) is 48.8 Å². The van der Waals surface area contributed by atoms with Crippen molar-refractivity contribution in [1.29, 1.82) is 0 Å². The fraction of sp³-hybridized carbons (Fsp3) is 0.533. The van der Waals surface area contributed by atoms with Gasteiger partial charge in [-0.15, -0.1) is 11.6 Å². The number of carbonyl (C=O) groups excluding carboxylic acids is 1. The van der Waals surface area contributed by atoms with Crippen LogP contribution >= 0.6 is 11.6 Å². The van der Waals surface area contributed by atoms with Crippen LogP contribution in [0.1, 0.15) is 48.6 Å². The van der Waals surface area contributed by atoms with Gasteiger partial charge in [-0.3, -0.25) is 4.79 Å². The van der Waals surface area contributed by atoms with Gasteiger partial charge in [0.25, 0.3) is 0 Å². The average Bonchev–Trinajstić information content (AvgIpc) is 2.46. The molecule has 3 rings (SSSR count). The van der Waals surface area contributed by atoms with Gasteiger partial charge in [0.1, 0.15) is 0 Å². The topological polar surface area (TPSA) is 29.1 Å². The molecule has 1 heterocycles. The van der Waals surface area contributed by atoms with E-state index in [9.17, 15) is 4.79 Å². The third kappa shape index (κ3) is 2.26. The molecule has 18 heavy (non-hydrogen) atoms. The van der Waals surface area contributed by atoms with E-state index in [0.717, 1.165) is 18.5 Å². The first-order valence-corrected chi connectivity index (χ1v) is 7.24. The summed E-state index contributed by atoms with van der Waals surface area (Å²) in [5.41, 5.74) is 3.43. The van der Waals surface area contributed by atoms with Gasteiger partial charge in [-0.1, -0.05) is 18.6 Å². The third-order valence-corrected chi connectivity index (χ3v) is 4.74. The van der Waals surface area contributed by atoms with E-state index in [4.69, 9.17) is 11.6 Å². The molecule has 96 valence electrons. The molecule has 0 spiro atoms. The average molecular weight is 264 g/mol. The van der Waals surface area contributed by atoms with Gasteiger partial charge < -0.3 is 5.32 Å². The summed E-state index contributed by atoms with van der Waals surface area (Å²) in [5, 5.41) is 3.11. The van der Waals surface area contributed by atoms with Crippen LogP contribution in [0.25, 0.3) is 0 Å². The van der Waals surface area contributed by atoms with Crippen LogP contribution in [0.15, 0.2) is 18.2 Å². The summed E-state index contributed by atoms with van der Waals surface area (Å²) in [6.45, 7) is 0. The van der Waals surface area contributed by atoms with Crippen molar-refractivity contribution in [3.8, 4) is 0 Å². The SMILES string of the molecule is O=C1CCCc2cc(C(Cl)C3CCC3)ccc2N1. The molecule has 1 N–H and O–H groups in total. The highest BCUT2D eigenvalue weighted by Crippen LogP contribution is 2.42. The molecule has 1 aromatic rings. The number of nitrogens with one attached hydrogen (secondary N) is 1. The monoisotopic (exact) mass is 263 g/mol. The first kappa shape index (κ1) is 12.0. The number of amides is 1. The molecule has 0 saturated heterocycles. The van der Waals surface area contributed by atoms with Gasteiger partial charge in [0.15, 0.2) is 0 Å². The van der Waals surface area contributed by atoms with Crippen molar-refractivity contribution in [2.45, 2.75) is 43.9 Å². The van der Waals surface area contributed by atoms with E-state index < -0.39 is 0 Å². The van der Waals surface area contributed by atoms with E-state index in [-0.39, 0.29) is 11.3 Å². The Morgan fingerprint density at radius 1 is 1.22 bits per heavy atom. The molecule has 2 aliphatic rings. The van der Waals surface area contributed by atoms with Crippen molar-refractivity contribution >= 4 is 23.2 Å². The zero-order valence-electron chi connectivity index (χ0n) is 10.4. The van der Waals surface area contributed by atoms with Crippen LogP contribution < -0.4 is 5.32 Å². The van der Waals surface area contributed by atoms with Crippen LogP contribution in [-0.2, 0) is 11.2 Å². The van der Waals surface area contributed by atoms with E-state index in [1.807, 2.05) is 6.07 Å². The van der Waals surface area contributed by atoms with Gasteiger partial charge in [0, 0.05) is 12.1 Å². The second-order valence-electron chi connectivity index (χ2n) is 5.41. The fourth-order valence-corrected chi connectivity index (χ4v) is 3.16. The summed E-state index contributed by atoms with van der Waals surface area (Å²) in [4.78, 5) is 11.5. The quantitative estimate of drug-likeness (QED) is 0.802. The van der Waals surface area contributed by atoms with Crippen LogP contribution in [0, 0.1) is 5.92 Å². The molecule has 1 aliphatic heterocycles. The molecule has 0 bridgehead atoms. The number of carbonyl (C=O) groups is 1. The lowest BCUT2D eigenvalue weighted by molar-refractivity contribution is -0.116. The smallest absolute Gasteiger partial charge is 0.224 e. The first-order chi connectivity index (χ1) is 8.74. The molecule has 1 unspecified atom stereocenters. The molecular formula is C15H18ClNO. The number of hydrogen-bond donors (Lipinski definition) is 1. The minimum absolute atomic E-state index is 0.128. The fourth-order valence-electron chi connectivity index (χ4n) is 2.77. The van der Waals surface area contributed by atoms with Crippen LogP contribution in [0.2, 0.25) is 0 Å². The number of hydrogen-bond acceptors (Lipinski definition) is 1. The number of halogens is 1. The summed E-state index contributed by atoms with van der Waals surface area (Å²) in [6.07, 6.45) is 6.34. The van der Waals surface area contributed by atoms with Crippen molar-refractivity contribution in [2.75, 3.05) is 5.32 Å².